The number of anilines is 2. The van der Waals surface area contributed by atoms with Crippen molar-refractivity contribution in [2.45, 2.75) is 19.8 Å². The highest BCUT2D eigenvalue weighted by Crippen LogP contribution is 2.21. The first kappa shape index (κ1) is 18.0. The van der Waals surface area contributed by atoms with Gasteiger partial charge in [0.25, 0.3) is 5.91 Å². The number of carbonyl (C=O) groups is 2. The fraction of sp³-hybridized carbons (Fsp3) is 0.294. The smallest absolute Gasteiger partial charge is 0.255 e. The number of nitrogens with zero attached hydrogens (tertiary/aromatic N) is 3. The van der Waals surface area contributed by atoms with Crippen molar-refractivity contribution in [3.05, 3.63) is 46.6 Å². The highest BCUT2D eigenvalue weighted by molar-refractivity contribution is 7.15. The van der Waals surface area contributed by atoms with Crippen LogP contribution >= 0.6 is 11.3 Å². The van der Waals surface area contributed by atoms with E-state index in [1.165, 1.54) is 11.3 Å². The average molecular weight is 373 g/mol. The number of aromatic nitrogens is 2. The normalized spacial score (nSPS) is 13.5. The molecule has 0 spiro atoms. The van der Waals surface area contributed by atoms with Crippen LogP contribution in [0.1, 0.15) is 28.1 Å². The van der Waals surface area contributed by atoms with E-state index < -0.39 is 5.91 Å². The largest absolute Gasteiger partial charge is 0.331 e. The summed E-state index contributed by atoms with van der Waals surface area (Å²) in [6.45, 7) is 2.97. The number of rotatable bonds is 6. The summed E-state index contributed by atoms with van der Waals surface area (Å²) in [6, 6.07) is 3.48. The van der Waals surface area contributed by atoms with Crippen molar-refractivity contribution in [1.82, 2.24) is 20.3 Å². The fourth-order valence-corrected chi connectivity index (χ4v) is 3.25. The molecule has 136 valence electrons. The van der Waals surface area contributed by atoms with E-state index in [4.69, 9.17) is 5.21 Å². The second kappa shape index (κ2) is 8.07. The quantitative estimate of drug-likeness (QED) is 0.407. The Morgan fingerprint density at radius 1 is 1.31 bits per heavy atom. The zero-order valence-electron chi connectivity index (χ0n) is 14.2. The minimum atomic E-state index is -0.432. The number of hydrogen-bond acceptors (Lipinski definition) is 7. The molecule has 0 unspecified atom stereocenters. The van der Waals surface area contributed by atoms with Crippen LogP contribution in [-0.4, -0.2) is 45.0 Å². The van der Waals surface area contributed by atoms with Crippen LogP contribution < -0.4 is 10.8 Å². The Morgan fingerprint density at radius 3 is 2.81 bits per heavy atom. The van der Waals surface area contributed by atoms with Gasteiger partial charge in [-0.1, -0.05) is 11.6 Å². The molecule has 0 saturated carbocycles. The summed E-state index contributed by atoms with van der Waals surface area (Å²) in [5.74, 6) is 0.0940. The summed E-state index contributed by atoms with van der Waals surface area (Å²) in [7, 11) is 0. The van der Waals surface area contributed by atoms with Gasteiger partial charge in [0.2, 0.25) is 5.91 Å². The first-order valence-electron chi connectivity index (χ1n) is 8.11. The first-order chi connectivity index (χ1) is 12.5. The van der Waals surface area contributed by atoms with Crippen molar-refractivity contribution in [2.24, 2.45) is 0 Å². The molecule has 0 atom stereocenters. The van der Waals surface area contributed by atoms with Crippen LogP contribution in [0.25, 0.3) is 0 Å². The van der Waals surface area contributed by atoms with E-state index >= 15 is 0 Å². The predicted octanol–water partition coefficient (Wildman–Crippen LogP) is 2.26. The molecule has 0 radical (unpaired) electrons. The third-order valence-corrected chi connectivity index (χ3v) is 4.77. The van der Waals surface area contributed by atoms with E-state index in [1.54, 1.807) is 34.9 Å². The molecular weight excluding hydrogens is 354 g/mol. The van der Waals surface area contributed by atoms with Crippen molar-refractivity contribution in [3.63, 3.8) is 0 Å². The number of carbonyl (C=O) groups excluding carboxylic acids is 2. The van der Waals surface area contributed by atoms with Gasteiger partial charge in [-0.2, -0.15) is 0 Å². The van der Waals surface area contributed by atoms with Gasteiger partial charge in [-0.25, -0.2) is 15.4 Å². The molecule has 2 aromatic heterocycles. The summed E-state index contributed by atoms with van der Waals surface area (Å²) in [5, 5.41) is 12.4. The molecule has 1 aliphatic heterocycles. The van der Waals surface area contributed by atoms with Crippen LogP contribution in [0, 0.1) is 6.92 Å². The molecule has 1 aliphatic rings. The lowest BCUT2D eigenvalue weighted by Gasteiger charge is -2.16. The topological polar surface area (TPSA) is 107 Å². The molecule has 0 saturated heterocycles. The molecule has 26 heavy (non-hydrogen) atoms. The molecule has 8 nitrogen and oxygen atoms in total. The lowest BCUT2D eigenvalue weighted by molar-refractivity contribution is -0.129. The number of nitrogens with one attached hydrogen (secondary N) is 2. The van der Waals surface area contributed by atoms with Crippen molar-refractivity contribution in [3.8, 4) is 0 Å². The number of thiazole rings is 1. The van der Waals surface area contributed by atoms with Crippen LogP contribution in [0.5, 0.6) is 0 Å². The number of aryl methyl sites for hydroxylation is 1. The zero-order valence-corrected chi connectivity index (χ0v) is 15.0. The van der Waals surface area contributed by atoms with Gasteiger partial charge in [0.15, 0.2) is 5.13 Å². The maximum absolute atomic E-state index is 12.6. The first-order valence-corrected chi connectivity index (χ1v) is 8.92. The third-order valence-electron chi connectivity index (χ3n) is 3.95. The van der Waals surface area contributed by atoms with E-state index in [2.05, 4.69) is 15.3 Å². The minimum absolute atomic E-state index is 0.105. The molecular formula is C17H19N5O3S. The Balaban J connectivity index is 1.54. The Labute approximate surface area is 154 Å². The third kappa shape index (κ3) is 4.44. The second-order valence-electron chi connectivity index (χ2n) is 5.92. The highest BCUT2D eigenvalue weighted by Gasteiger charge is 2.21. The Kier molecular flexibility index (Phi) is 5.59. The number of hydroxylamine groups is 1. The lowest BCUT2D eigenvalue weighted by atomic mass is 10.1. The van der Waals surface area contributed by atoms with Crippen LogP contribution in [0.4, 0.5) is 10.9 Å². The predicted molar refractivity (Wildman–Crippen MR) is 97.5 cm³/mol. The van der Waals surface area contributed by atoms with Crippen molar-refractivity contribution < 1.29 is 14.8 Å². The molecule has 0 bridgehead atoms. The highest BCUT2D eigenvalue weighted by atomic mass is 32.1. The molecule has 9 heteroatoms. The van der Waals surface area contributed by atoms with E-state index in [9.17, 15) is 9.59 Å². The van der Waals surface area contributed by atoms with Gasteiger partial charge in [-0.3, -0.25) is 14.8 Å². The summed E-state index contributed by atoms with van der Waals surface area (Å²) >= 11 is 1.53. The molecule has 3 heterocycles. The SMILES string of the molecule is Cc1cnc(Nc2ccc(C(=O)N3CC=C(CCC(=O)NO)C3)cn2)s1. The molecule has 3 rings (SSSR count). The molecule has 0 aromatic carbocycles. The van der Waals surface area contributed by atoms with Crippen molar-refractivity contribution in [2.75, 3.05) is 18.4 Å². The van der Waals surface area contributed by atoms with Gasteiger partial charge in [-0.05, 0) is 25.5 Å². The summed E-state index contributed by atoms with van der Waals surface area (Å²) in [6.07, 6.45) is 5.99. The fourth-order valence-electron chi connectivity index (χ4n) is 2.58. The molecule has 3 N–H and O–H groups in total. The van der Waals surface area contributed by atoms with Crippen LogP contribution in [-0.2, 0) is 4.79 Å². The van der Waals surface area contributed by atoms with E-state index in [1.807, 2.05) is 13.0 Å². The number of hydrogen-bond donors (Lipinski definition) is 3. The Hall–Kier alpha value is -2.78. The van der Waals surface area contributed by atoms with E-state index in [0.717, 1.165) is 15.6 Å². The van der Waals surface area contributed by atoms with E-state index in [0.29, 0.717) is 30.9 Å². The molecule has 2 aromatic rings. The van der Waals surface area contributed by atoms with Gasteiger partial charge < -0.3 is 10.2 Å². The Bertz CT molecular complexity index is 831. The molecule has 0 aliphatic carbocycles. The second-order valence-corrected chi connectivity index (χ2v) is 7.15. The van der Waals surface area contributed by atoms with E-state index in [-0.39, 0.29) is 12.3 Å². The van der Waals surface area contributed by atoms with Gasteiger partial charge in [-0.15, -0.1) is 11.3 Å². The molecule has 0 fully saturated rings. The lowest BCUT2D eigenvalue weighted by Crippen LogP contribution is -2.29. The summed E-state index contributed by atoms with van der Waals surface area (Å²) in [5.41, 5.74) is 3.12. The average Bonchev–Trinajstić information content (AvgIpc) is 3.29. The maximum Gasteiger partial charge on any atom is 0.255 e. The van der Waals surface area contributed by atoms with Gasteiger partial charge in [0, 0.05) is 36.8 Å². The van der Waals surface area contributed by atoms with Crippen molar-refractivity contribution in [1.29, 1.82) is 0 Å². The van der Waals surface area contributed by atoms with Crippen molar-refractivity contribution >= 4 is 34.1 Å². The monoisotopic (exact) mass is 373 g/mol. The standard InChI is InChI=1S/C17H19N5O3S/c1-11-8-19-17(26-11)20-14-4-3-13(9-18-14)16(24)22-7-6-12(10-22)2-5-15(23)21-25/h3-4,6,8-9,25H,2,5,7,10H2,1H3,(H,21,23)(H,18,19,20). The van der Waals surface area contributed by atoms with Crippen LogP contribution in [0.15, 0.2) is 36.2 Å². The van der Waals surface area contributed by atoms with Gasteiger partial charge in [0.05, 0.1) is 5.56 Å². The summed E-state index contributed by atoms with van der Waals surface area (Å²) < 4.78 is 0. The molecule has 2 amide bonds. The van der Waals surface area contributed by atoms with Gasteiger partial charge in [0.1, 0.15) is 5.82 Å². The minimum Gasteiger partial charge on any atom is -0.331 e. The zero-order chi connectivity index (χ0) is 18.5. The summed E-state index contributed by atoms with van der Waals surface area (Å²) in [4.78, 5) is 34.9. The Morgan fingerprint density at radius 2 is 2.15 bits per heavy atom. The number of amides is 2. The number of pyridine rings is 1. The van der Waals surface area contributed by atoms with Crippen LogP contribution in [0.2, 0.25) is 0 Å². The van der Waals surface area contributed by atoms with Gasteiger partial charge >= 0.3 is 0 Å². The maximum atomic E-state index is 12.6. The van der Waals surface area contributed by atoms with Crippen LogP contribution in [0.3, 0.4) is 0 Å².